The Kier molecular flexibility index (Phi) is 13.8. The molecule has 0 amide bonds. The smallest absolute Gasteiger partial charge is 0.480 e. The van der Waals surface area contributed by atoms with Crippen LogP contribution in [0.3, 0.4) is 0 Å². The Bertz CT molecular complexity index is 948. The fraction of sp³-hybridized carbons (Fsp3) is 0.643. The average Bonchev–Trinajstić information content (AvgIpc) is 2.88. The third-order valence-corrected chi connectivity index (χ3v) is 6.78. The second-order valence-corrected chi connectivity index (χ2v) is 9.69. The van der Waals surface area contributed by atoms with Crippen molar-refractivity contribution in [2.24, 2.45) is 23.5 Å². The van der Waals surface area contributed by atoms with Crippen LogP contribution >= 0.6 is 0 Å². The topological polar surface area (TPSA) is 151 Å². The lowest BCUT2D eigenvalue weighted by molar-refractivity contribution is -0.141. The summed E-state index contributed by atoms with van der Waals surface area (Å²) in [5, 5.41) is 9.74. The molecule has 1 aromatic carbocycles. The molecular weight excluding hydrogens is 494 g/mol. The normalized spacial score (nSPS) is 15.8. The van der Waals surface area contributed by atoms with Crippen LogP contribution in [-0.2, 0) is 23.9 Å². The maximum atomic E-state index is 12.6. The van der Waals surface area contributed by atoms with E-state index < -0.39 is 54.0 Å². The van der Waals surface area contributed by atoms with E-state index in [-0.39, 0.29) is 24.0 Å². The maximum Gasteiger partial charge on any atom is 0.508 e. The maximum absolute atomic E-state index is 12.6. The van der Waals surface area contributed by atoms with Crippen molar-refractivity contribution in [3.63, 3.8) is 0 Å². The van der Waals surface area contributed by atoms with E-state index in [1.807, 2.05) is 20.8 Å². The van der Waals surface area contributed by atoms with Crippen molar-refractivity contribution in [2.45, 2.75) is 92.2 Å². The average molecular weight is 538 g/mol. The second kappa shape index (κ2) is 16.0. The first kappa shape index (κ1) is 32.9. The molecule has 0 aromatic heterocycles. The molecule has 0 saturated heterocycles. The summed E-state index contributed by atoms with van der Waals surface area (Å²) in [7, 11) is 0. The zero-order valence-electron chi connectivity index (χ0n) is 23.5. The number of hydrogen-bond acceptors (Lipinski definition) is 9. The molecule has 6 atom stereocenters. The number of nitrogens with two attached hydrogens (primary N) is 1. The van der Waals surface area contributed by atoms with Gasteiger partial charge in [-0.1, -0.05) is 54.0 Å². The van der Waals surface area contributed by atoms with Crippen molar-refractivity contribution >= 4 is 24.1 Å². The second-order valence-electron chi connectivity index (χ2n) is 9.69. The monoisotopic (exact) mass is 537 g/mol. The fourth-order valence-corrected chi connectivity index (χ4v) is 3.52. The summed E-state index contributed by atoms with van der Waals surface area (Å²) in [4.78, 5) is 49.1. The molecule has 0 aliphatic carbocycles. The Morgan fingerprint density at radius 1 is 0.895 bits per heavy atom. The zero-order chi connectivity index (χ0) is 29.0. The summed E-state index contributed by atoms with van der Waals surface area (Å²) in [5.41, 5.74) is 6.51. The summed E-state index contributed by atoms with van der Waals surface area (Å²) in [6, 6.07) is 3.10. The van der Waals surface area contributed by atoms with Gasteiger partial charge >= 0.3 is 24.1 Å². The summed E-state index contributed by atoms with van der Waals surface area (Å²) in [5.74, 6) is -4.48. The van der Waals surface area contributed by atoms with Crippen LogP contribution in [0.1, 0.15) is 85.6 Å². The van der Waals surface area contributed by atoms with Gasteiger partial charge in [-0.25, -0.2) is 4.79 Å². The van der Waals surface area contributed by atoms with E-state index in [2.05, 4.69) is 0 Å². The molecule has 0 radical (unpaired) electrons. The molecule has 1 aromatic rings. The molecule has 38 heavy (non-hydrogen) atoms. The van der Waals surface area contributed by atoms with Crippen LogP contribution in [0.2, 0.25) is 0 Å². The van der Waals surface area contributed by atoms with E-state index in [4.69, 9.17) is 24.7 Å². The predicted molar refractivity (Wildman–Crippen MR) is 141 cm³/mol. The first-order chi connectivity index (χ1) is 17.9. The van der Waals surface area contributed by atoms with Crippen molar-refractivity contribution < 1.29 is 43.2 Å². The third kappa shape index (κ3) is 9.63. The van der Waals surface area contributed by atoms with Gasteiger partial charge in [0, 0.05) is 11.8 Å². The van der Waals surface area contributed by atoms with Crippen molar-refractivity contribution in [3.05, 3.63) is 23.8 Å². The minimum atomic E-state index is -1.38. The van der Waals surface area contributed by atoms with E-state index in [1.165, 1.54) is 12.1 Å². The van der Waals surface area contributed by atoms with Gasteiger partial charge in [0.2, 0.25) is 0 Å². The number of carbonyl (C=O) groups excluding carboxylic acids is 3. The molecule has 0 spiro atoms. The standard InChI is InChI=1S/C28H43NO9/c1-8-11-14-35-28(34)36-19(7)18(6)23(24(29)25(30)31)20-12-13-21(37-26(32)16(4)9-2)22(15-20)38-27(33)17(5)10-3/h12-13,15-19,23-24H,8-11,14,29H2,1-7H3,(H,30,31)/t16?,17?,18?,19?,23?,24-/m0/s1. The van der Waals surface area contributed by atoms with E-state index >= 15 is 0 Å². The molecule has 1 rings (SSSR count). The van der Waals surface area contributed by atoms with Crippen molar-refractivity contribution in [3.8, 4) is 11.5 Å². The number of unbranched alkanes of at least 4 members (excludes halogenated alkanes) is 1. The number of aliphatic carboxylic acids is 1. The molecule has 0 aliphatic rings. The van der Waals surface area contributed by atoms with E-state index in [9.17, 15) is 24.3 Å². The van der Waals surface area contributed by atoms with Crippen molar-refractivity contribution in [1.82, 2.24) is 0 Å². The van der Waals surface area contributed by atoms with Crippen LogP contribution in [0.15, 0.2) is 18.2 Å². The van der Waals surface area contributed by atoms with Crippen LogP contribution < -0.4 is 15.2 Å². The van der Waals surface area contributed by atoms with Gasteiger partial charge in [0.1, 0.15) is 12.1 Å². The molecule has 0 aliphatic heterocycles. The van der Waals surface area contributed by atoms with Crippen molar-refractivity contribution in [1.29, 1.82) is 0 Å². The lowest BCUT2D eigenvalue weighted by atomic mass is 9.79. The Morgan fingerprint density at radius 2 is 1.45 bits per heavy atom. The molecule has 10 heteroatoms. The highest BCUT2D eigenvalue weighted by Gasteiger charge is 2.36. The molecule has 0 heterocycles. The Morgan fingerprint density at radius 3 is 1.95 bits per heavy atom. The number of hydrogen-bond donors (Lipinski definition) is 2. The van der Waals surface area contributed by atoms with E-state index in [0.29, 0.717) is 24.8 Å². The van der Waals surface area contributed by atoms with Gasteiger partial charge in [-0.05, 0) is 43.9 Å². The number of esters is 2. The molecule has 5 unspecified atom stereocenters. The lowest BCUT2D eigenvalue weighted by Crippen LogP contribution is -2.42. The van der Waals surface area contributed by atoms with Gasteiger partial charge in [0.25, 0.3) is 0 Å². The van der Waals surface area contributed by atoms with Crippen LogP contribution in [0.25, 0.3) is 0 Å². The van der Waals surface area contributed by atoms with Gasteiger partial charge in [-0.2, -0.15) is 0 Å². The number of carboxylic acids is 1. The van der Waals surface area contributed by atoms with Crippen LogP contribution in [0.5, 0.6) is 11.5 Å². The van der Waals surface area contributed by atoms with Gasteiger partial charge in [-0.15, -0.1) is 0 Å². The SMILES string of the molecule is CCCCOC(=O)OC(C)C(C)C(c1ccc(OC(=O)C(C)CC)c(OC(=O)C(C)CC)c1)[C@H](N)C(=O)O. The number of benzene rings is 1. The number of rotatable bonds is 15. The lowest BCUT2D eigenvalue weighted by Gasteiger charge is -2.31. The summed E-state index contributed by atoms with van der Waals surface area (Å²) in [6.45, 7) is 12.6. The minimum Gasteiger partial charge on any atom is -0.480 e. The number of carboxylic acid groups (broad SMARTS) is 1. The minimum absolute atomic E-state index is 0.0215. The molecule has 0 saturated carbocycles. The van der Waals surface area contributed by atoms with E-state index in [1.54, 1.807) is 33.8 Å². The third-order valence-electron chi connectivity index (χ3n) is 6.78. The van der Waals surface area contributed by atoms with E-state index in [0.717, 1.165) is 6.42 Å². The molecule has 0 bridgehead atoms. The van der Waals surface area contributed by atoms with Gasteiger partial charge in [0.15, 0.2) is 11.5 Å². The first-order valence-electron chi connectivity index (χ1n) is 13.3. The Labute approximate surface area is 225 Å². The van der Waals surface area contributed by atoms with Crippen LogP contribution in [0, 0.1) is 17.8 Å². The largest absolute Gasteiger partial charge is 0.508 e. The summed E-state index contributed by atoms with van der Waals surface area (Å²) in [6.07, 6.45) is 1.03. The van der Waals surface area contributed by atoms with Crippen LogP contribution in [0.4, 0.5) is 4.79 Å². The highest BCUT2D eigenvalue weighted by Crippen LogP contribution is 2.37. The Hall–Kier alpha value is -3.14. The highest BCUT2D eigenvalue weighted by molar-refractivity contribution is 5.79. The number of ether oxygens (including phenoxy) is 4. The number of carbonyl (C=O) groups is 4. The molecule has 10 nitrogen and oxygen atoms in total. The fourth-order valence-electron chi connectivity index (χ4n) is 3.52. The molecule has 3 N–H and O–H groups in total. The molecular formula is C28H43NO9. The zero-order valence-corrected chi connectivity index (χ0v) is 23.5. The molecule has 214 valence electrons. The van der Waals surface area contributed by atoms with Crippen LogP contribution in [-0.4, -0.2) is 47.9 Å². The highest BCUT2D eigenvalue weighted by atomic mass is 16.7. The van der Waals surface area contributed by atoms with Crippen molar-refractivity contribution in [2.75, 3.05) is 6.61 Å². The predicted octanol–water partition coefficient (Wildman–Crippen LogP) is 5.06. The summed E-state index contributed by atoms with van der Waals surface area (Å²) < 4.78 is 21.5. The quantitative estimate of drug-likeness (QED) is 0.176. The Balaban J connectivity index is 3.42. The van der Waals surface area contributed by atoms with Gasteiger partial charge in [0.05, 0.1) is 18.4 Å². The summed E-state index contributed by atoms with van der Waals surface area (Å²) >= 11 is 0. The van der Waals surface area contributed by atoms with Gasteiger partial charge in [-0.3, -0.25) is 14.4 Å². The first-order valence-corrected chi connectivity index (χ1v) is 13.3. The molecule has 0 fully saturated rings. The van der Waals surface area contributed by atoms with Gasteiger partial charge < -0.3 is 29.8 Å².